The molecule has 138 valence electrons. The maximum absolute atomic E-state index is 11.8. The number of carbonyl (C=O) groups is 2. The molecule has 5 heteroatoms. The first kappa shape index (κ1) is 17.5. The Balaban J connectivity index is 1.42. The first-order valence-corrected chi connectivity index (χ1v) is 9.37. The summed E-state index contributed by atoms with van der Waals surface area (Å²) in [5.41, 5.74) is 4.42. The van der Waals surface area contributed by atoms with E-state index in [2.05, 4.69) is 11.1 Å². The van der Waals surface area contributed by atoms with Crippen molar-refractivity contribution < 1.29 is 14.3 Å². The van der Waals surface area contributed by atoms with Gasteiger partial charge in [-0.2, -0.15) is 0 Å². The van der Waals surface area contributed by atoms with Crippen LogP contribution in [0.1, 0.15) is 36.0 Å². The Morgan fingerprint density at radius 3 is 2.52 bits per heavy atom. The fourth-order valence-electron chi connectivity index (χ4n) is 3.59. The van der Waals surface area contributed by atoms with Crippen molar-refractivity contribution >= 4 is 17.5 Å². The number of aliphatic imine (C=N–C) groups is 1. The van der Waals surface area contributed by atoms with Gasteiger partial charge in [-0.3, -0.25) is 19.5 Å². The number of carbonyl (C=O) groups excluding carboxylic acids is 2. The lowest BCUT2D eigenvalue weighted by Gasteiger charge is -2.20. The molecular weight excluding hydrogens is 340 g/mol. The van der Waals surface area contributed by atoms with Crippen LogP contribution < -0.4 is 4.74 Å². The predicted molar refractivity (Wildman–Crippen MR) is 103 cm³/mol. The average Bonchev–Trinajstić information content (AvgIpc) is 3.03. The van der Waals surface area contributed by atoms with Gasteiger partial charge in [0.1, 0.15) is 12.4 Å². The molecule has 0 bridgehead atoms. The van der Waals surface area contributed by atoms with Crippen molar-refractivity contribution in [2.75, 3.05) is 13.1 Å². The Hall–Kier alpha value is -2.95. The van der Waals surface area contributed by atoms with Gasteiger partial charge in [0.25, 0.3) is 0 Å². The molecule has 5 nitrogen and oxygen atoms in total. The van der Waals surface area contributed by atoms with Crippen LogP contribution in [0.5, 0.6) is 5.75 Å². The van der Waals surface area contributed by atoms with Gasteiger partial charge in [0.05, 0.1) is 0 Å². The molecule has 2 aliphatic heterocycles. The van der Waals surface area contributed by atoms with E-state index in [4.69, 9.17) is 4.74 Å². The third-order valence-corrected chi connectivity index (χ3v) is 5.05. The number of hydrogen-bond acceptors (Lipinski definition) is 4. The highest BCUT2D eigenvalue weighted by Gasteiger charge is 2.29. The summed E-state index contributed by atoms with van der Waals surface area (Å²) in [6.45, 7) is 1.69. The van der Waals surface area contributed by atoms with Crippen molar-refractivity contribution in [1.29, 1.82) is 0 Å². The number of likely N-dealkylation sites (tertiary alicyclic amines) is 1. The van der Waals surface area contributed by atoms with Gasteiger partial charge in [0.2, 0.25) is 11.8 Å². The van der Waals surface area contributed by atoms with E-state index in [1.165, 1.54) is 10.5 Å². The third-order valence-electron chi connectivity index (χ3n) is 5.05. The van der Waals surface area contributed by atoms with Gasteiger partial charge >= 0.3 is 0 Å². The molecule has 2 heterocycles. The zero-order chi connectivity index (χ0) is 18.6. The topological polar surface area (TPSA) is 59.0 Å². The van der Waals surface area contributed by atoms with Gasteiger partial charge in [-0.05, 0) is 41.3 Å². The van der Waals surface area contributed by atoms with E-state index in [0.717, 1.165) is 35.6 Å². The van der Waals surface area contributed by atoms with Crippen molar-refractivity contribution in [2.24, 2.45) is 4.99 Å². The second-order valence-electron chi connectivity index (χ2n) is 6.86. The molecular formula is C22H22N2O3. The molecule has 2 aliphatic rings. The molecule has 0 spiro atoms. The maximum Gasteiger partial charge on any atom is 0.229 e. The molecule has 2 amide bonds. The average molecular weight is 362 g/mol. The Morgan fingerprint density at radius 2 is 1.74 bits per heavy atom. The summed E-state index contributed by atoms with van der Waals surface area (Å²) in [4.78, 5) is 29.6. The molecule has 0 N–H and O–H groups in total. The minimum atomic E-state index is -0.0682. The third kappa shape index (κ3) is 3.92. The molecule has 0 unspecified atom stereocenters. The first-order chi connectivity index (χ1) is 13.2. The quantitative estimate of drug-likeness (QED) is 0.742. The Morgan fingerprint density at radius 1 is 0.963 bits per heavy atom. The van der Waals surface area contributed by atoms with Crippen LogP contribution in [-0.2, 0) is 22.6 Å². The van der Waals surface area contributed by atoms with Crippen LogP contribution in [0.4, 0.5) is 0 Å². The number of imide groups is 1. The molecule has 2 aromatic carbocycles. The van der Waals surface area contributed by atoms with E-state index in [0.29, 0.717) is 32.4 Å². The van der Waals surface area contributed by atoms with Crippen LogP contribution in [0.15, 0.2) is 53.5 Å². The lowest BCUT2D eigenvalue weighted by molar-refractivity contribution is -0.138. The van der Waals surface area contributed by atoms with Crippen molar-refractivity contribution in [1.82, 2.24) is 4.90 Å². The number of fused-ring (bicyclic) bond motifs is 1. The van der Waals surface area contributed by atoms with Gasteiger partial charge in [0.15, 0.2) is 0 Å². The Kier molecular flexibility index (Phi) is 5.01. The molecule has 0 aromatic heterocycles. The molecule has 27 heavy (non-hydrogen) atoms. The van der Waals surface area contributed by atoms with E-state index < -0.39 is 0 Å². The van der Waals surface area contributed by atoms with Crippen LogP contribution >= 0.6 is 0 Å². The minimum absolute atomic E-state index is 0.0682. The van der Waals surface area contributed by atoms with Gasteiger partial charge in [-0.1, -0.05) is 30.3 Å². The van der Waals surface area contributed by atoms with Crippen molar-refractivity contribution in [2.45, 2.75) is 32.3 Å². The summed E-state index contributed by atoms with van der Waals surface area (Å²) < 4.78 is 5.93. The lowest BCUT2D eigenvalue weighted by Crippen LogP contribution is -2.31. The fourth-order valence-corrected chi connectivity index (χ4v) is 3.59. The summed E-state index contributed by atoms with van der Waals surface area (Å²) in [5, 5.41) is 0. The van der Waals surface area contributed by atoms with Gasteiger partial charge in [0, 0.05) is 38.1 Å². The summed E-state index contributed by atoms with van der Waals surface area (Å²) in [5.74, 6) is 0.714. The normalized spacial score (nSPS) is 16.3. The van der Waals surface area contributed by atoms with Crippen LogP contribution in [0.3, 0.4) is 0 Å². The van der Waals surface area contributed by atoms with E-state index in [1.54, 1.807) is 0 Å². The smallest absolute Gasteiger partial charge is 0.229 e. The predicted octanol–water partition coefficient (Wildman–Crippen LogP) is 3.15. The second kappa shape index (κ2) is 7.74. The summed E-state index contributed by atoms with van der Waals surface area (Å²) in [6.07, 6.45) is 2.16. The molecule has 0 saturated carbocycles. The number of rotatable bonds is 6. The molecule has 1 saturated heterocycles. The second-order valence-corrected chi connectivity index (χ2v) is 6.86. The number of nitrogens with zero attached hydrogens (tertiary/aromatic N) is 2. The summed E-state index contributed by atoms with van der Waals surface area (Å²) in [6, 6.07) is 16.2. The van der Waals surface area contributed by atoms with Crippen LogP contribution in [0.2, 0.25) is 0 Å². The Bertz CT molecular complexity index is 874. The van der Waals surface area contributed by atoms with E-state index >= 15 is 0 Å². The zero-order valence-electron chi connectivity index (χ0n) is 15.2. The molecule has 2 aromatic rings. The van der Waals surface area contributed by atoms with Gasteiger partial charge < -0.3 is 4.74 Å². The standard InChI is InChI=1S/C22H22N2O3/c25-21-8-9-22(26)24(21)13-11-20-19-7-6-18(14-17(19)10-12-23-20)27-15-16-4-2-1-3-5-16/h1-7,14H,8-13,15H2. The van der Waals surface area contributed by atoms with Gasteiger partial charge in [-0.25, -0.2) is 0 Å². The minimum Gasteiger partial charge on any atom is -0.489 e. The molecule has 0 atom stereocenters. The lowest BCUT2D eigenvalue weighted by atomic mass is 9.95. The fraction of sp³-hybridized carbons (Fsp3) is 0.318. The highest BCUT2D eigenvalue weighted by molar-refractivity contribution is 6.05. The number of benzene rings is 2. The molecule has 4 rings (SSSR count). The number of hydrogen-bond donors (Lipinski definition) is 0. The molecule has 0 radical (unpaired) electrons. The van der Waals surface area contributed by atoms with Crippen LogP contribution in [0.25, 0.3) is 0 Å². The summed E-state index contributed by atoms with van der Waals surface area (Å²) >= 11 is 0. The van der Waals surface area contributed by atoms with Crippen molar-refractivity contribution in [3.05, 3.63) is 65.2 Å². The largest absolute Gasteiger partial charge is 0.489 e. The van der Waals surface area contributed by atoms with Crippen molar-refractivity contribution in [3.8, 4) is 5.75 Å². The number of ether oxygens (including phenoxy) is 1. The van der Waals surface area contributed by atoms with E-state index in [1.807, 2.05) is 42.5 Å². The maximum atomic E-state index is 11.8. The zero-order valence-corrected chi connectivity index (χ0v) is 15.2. The molecule has 1 fully saturated rings. The molecule has 0 aliphatic carbocycles. The Labute approximate surface area is 158 Å². The van der Waals surface area contributed by atoms with Crippen LogP contribution in [-0.4, -0.2) is 35.5 Å². The highest BCUT2D eigenvalue weighted by Crippen LogP contribution is 2.24. The van der Waals surface area contributed by atoms with Crippen LogP contribution in [0, 0.1) is 0 Å². The highest BCUT2D eigenvalue weighted by atomic mass is 16.5. The van der Waals surface area contributed by atoms with E-state index in [-0.39, 0.29) is 11.8 Å². The number of amides is 2. The monoisotopic (exact) mass is 362 g/mol. The SMILES string of the molecule is O=C1CCC(=O)N1CCC1=NCCc2cc(OCc3ccccc3)ccc21. The van der Waals surface area contributed by atoms with E-state index in [9.17, 15) is 9.59 Å². The van der Waals surface area contributed by atoms with Crippen molar-refractivity contribution in [3.63, 3.8) is 0 Å². The first-order valence-electron chi connectivity index (χ1n) is 9.37. The summed E-state index contributed by atoms with van der Waals surface area (Å²) in [7, 11) is 0. The van der Waals surface area contributed by atoms with Gasteiger partial charge in [-0.15, -0.1) is 0 Å².